The molecule has 0 aliphatic heterocycles. The lowest BCUT2D eigenvalue weighted by Crippen LogP contribution is -2.27. The molecule has 1 aliphatic carbocycles. The quantitative estimate of drug-likeness (QED) is 0.812. The summed E-state index contributed by atoms with van der Waals surface area (Å²) in [6, 6.07) is 10.5. The Morgan fingerprint density at radius 2 is 1.95 bits per heavy atom. The summed E-state index contributed by atoms with van der Waals surface area (Å²) in [5.74, 6) is 0. The zero-order valence-electron chi connectivity index (χ0n) is 11.8. The number of rotatable bonds is 4. The van der Waals surface area contributed by atoms with Crippen molar-refractivity contribution in [3.63, 3.8) is 0 Å². The molecule has 0 spiro atoms. The number of nitrogens with one attached hydrogen (secondary N) is 1. The maximum atomic E-state index is 5.50. The van der Waals surface area contributed by atoms with Gasteiger partial charge in [-0.15, -0.1) is 0 Å². The number of benzene rings is 1. The molecule has 0 unspecified atom stereocenters. The molecular formula is C16H20N2S2. The third-order valence-corrected chi connectivity index (χ3v) is 6.07. The van der Waals surface area contributed by atoms with Crippen LogP contribution >= 0.6 is 24.0 Å². The first-order valence-corrected chi connectivity index (χ1v) is 8.76. The summed E-state index contributed by atoms with van der Waals surface area (Å²) < 4.78 is 3.49. The molecule has 1 heterocycles. The highest BCUT2D eigenvalue weighted by Gasteiger charge is 2.34. The summed E-state index contributed by atoms with van der Waals surface area (Å²) in [5.41, 5.74) is 2.44. The summed E-state index contributed by atoms with van der Waals surface area (Å²) in [7, 11) is 0. The Balaban J connectivity index is 1.98. The van der Waals surface area contributed by atoms with Crippen LogP contribution in [0, 0.1) is 4.77 Å². The Morgan fingerprint density at radius 3 is 2.60 bits per heavy atom. The highest BCUT2D eigenvalue weighted by Crippen LogP contribution is 2.42. The third kappa shape index (κ3) is 2.59. The Morgan fingerprint density at radius 1 is 1.25 bits per heavy atom. The molecule has 1 fully saturated rings. The minimum absolute atomic E-state index is 0.365. The van der Waals surface area contributed by atoms with Crippen LogP contribution in [0.5, 0.6) is 0 Å². The van der Waals surface area contributed by atoms with Crippen LogP contribution in [0.15, 0.2) is 36.5 Å². The number of thioether (sulfide) groups is 1. The van der Waals surface area contributed by atoms with Crippen LogP contribution in [0.25, 0.3) is 11.3 Å². The van der Waals surface area contributed by atoms with Crippen molar-refractivity contribution in [2.75, 3.05) is 6.26 Å². The summed E-state index contributed by atoms with van der Waals surface area (Å²) in [6.07, 6.45) is 9.58. The van der Waals surface area contributed by atoms with E-state index in [4.69, 9.17) is 12.2 Å². The molecule has 1 aromatic heterocycles. The topological polar surface area (TPSA) is 20.7 Å². The molecule has 20 heavy (non-hydrogen) atoms. The fourth-order valence-corrected chi connectivity index (χ4v) is 4.31. The van der Waals surface area contributed by atoms with Crippen LogP contribution in [0.3, 0.4) is 0 Å². The Bertz CT molecular complexity index is 621. The van der Waals surface area contributed by atoms with Crippen LogP contribution in [0.1, 0.15) is 25.7 Å². The van der Waals surface area contributed by atoms with Gasteiger partial charge in [-0.3, -0.25) is 0 Å². The highest BCUT2D eigenvalue weighted by atomic mass is 32.2. The van der Waals surface area contributed by atoms with Crippen LogP contribution < -0.4 is 0 Å². The maximum absolute atomic E-state index is 5.50. The van der Waals surface area contributed by atoms with Gasteiger partial charge in [-0.2, -0.15) is 11.8 Å². The molecule has 0 bridgehead atoms. The van der Waals surface area contributed by atoms with Gasteiger partial charge in [0, 0.05) is 17.5 Å². The first kappa shape index (κ1) is 14.0. The number of aromatic amines is 1. The molecule has 1 saturated carbocycles. The summed E-state index contributed by atoms with van der Waals surface area (Å²) in [5, 5.41) is 0. The minimum Gasteiger partial charge on any atom is -0.337 e. The summed E-state index contributed by atoms with van der Waals surface area (Å²) >= 11 is 7.51. The van der Waals surface area contributed by atoms with E-state index in [0.717, 1.165) is 11.3 Å². The highest BCUT2D eigenvalue weighted by molar-refractivity contribution is 8.00. The zero-order valence-corrected chi connectivity index (χ0v) is 13.4. The van der Waals surface area contributed by atoms with Gasteiger partial charge in [0.15, 0.2) is 4.77 Å². The van der Waals surface area contributed by atoms with Crippen molar-refractivity contribution in [2.45, 2.75) is 37.0 Å². The Kier molecular flexibility index (Phi) is 4.03. The van der Waals surface area contributed by atoms with Gasteiger partial charge in [0.05, 0.1) is 5.69 Å². The second kappa shape index (κ2) is 5.78. The fourth-order valence-electron chi connectivity index (χ4n) is 3.13. The molecule has 0 atom stereocenters. The van der Waals surface area contributed by atoms with Crippen molar-refractivity contribution in [2.24, 2.45) is 0 Å². The van der Waals surface area contributed by atoms with E-state index in [1.54, 1.807) is 0 Å². The minimum atomic E-state index is 0.365. The lowest BCUT2D eigenvalue weighted by atomic mass is 10.1. The first-order chi connectivity index (χ1) is 9.74. The Labute approximate surface area is 129 Å². The summed E-state index contributed by atoms with van der Waals surface area (Å²) in [4.78, 5) is 3.22. The van der Waals surface area contributed by atoms with E-state index in [2.05, 4.69) is 46.1 Å². The van der Waals surface area contributed by atoms with E-state index in [9.17, 15) is 0 Å². The molecule has 0 amide bonds. The number of H-pyrrole nitrogens is 1. The van der Waals surface area contributed by atoms with Crippen molar-refractivity contribution in [1.29, 1.82) is 0 Å². The predicted octanol–water partition coefficient (Wildman–Crippen LogP) is 4.89. The predicted molar refractivity (Wildman–Crippen MR) is 89.8 cm³/mol. The Hall–Kier alpha value is -1.00. The number of nitrogens with zero attached hydrogens (tertiary/aromatic N) is 1. The number of imidazole rings is 1. The second-order valence-electron chi connectivity index (χ2n) is 5.53. The van der Waals surface area contributed by atoms with E-state index in [1.165, 1.54) is 36.9 Å². The van der Waals surface area contributed by atoms with Crippen molar-refractivity contribution >= 4 is 24.0 Å². The lowest BCUT2D eigenvalue weighted by Gasteiger charge is -2.28. The van der Waals surface area contributed by atoms with Crippen LogP contribution in [-0.4, -0.2) is 20.6 Å². The van der Waals surface area contributed by atoms with Crippen LogP contribution in [-0.2, 0) is 6.54 Å². The molecule has 1 aromatic carbocycles. The average molecular weight is 304 g/mol. The summed E-state index contributed by atoms with van der Waals surface area (Å²) in [6.45, 7) is 1.01. The first-order valence-electron chi connectivity index (χ1n) is 7.13. The van der Waals surface area contributed by atoms with E-state index in [0.29, 0.717) is 4.75 Å². The van der Waals surface area contributed by atoms with Gasteiger partial charge in [-0.25, -0.2) is 0 Å². The standard InChI is InChI=1S/C16H20N2S2/c1-20-16(9-5-6-10-16)12-18-14(11-17-15(18)19)13-7-3-2-4-8-13/h2-4,7-8,11H,5-6,9-10,12H2,1H3,(H,17,19). The maximum Gasteiger partial charge on any atom is 0.177 e. The molecule has 3 rings (SSSR count). The smallest absolute Gasteiger partial charge is 0.177 e. The van der Waals surface area contributed by atoms with Gasteiger partial charge in [-0.1, -0.05) is 43.2 Å². The SMILES string of the molecule is CSC1(Cn2c(-c3ccccc3)c[nH]c2=S)CCCC1. The van der Waals surface area contributed by atoms with Crippen LogP contribution in [0.4, 0.5) is 0 Å². The van der Waals surface area contributed by atoms with Gasteiger partial charge in [-0.05, 0) is 36.9 Å². The largest absolute Gasteiger partial charge is 0.337 e. The number of hydrogen-bond donors (Lipinski definition) is 1. The second-order valence-corrected chi connectivity index (χ2v) is 7.19. The zero-order chi connectivity index (χ0) is 14.0. The molecule has 0 radical (unpaired) electrons. The van der Waals surface area contributed by atoms with E-state index >= 15 is 0 Å². The molecule has 1 aliphatic rings. The van der Waals surface area contributed by atoms with E-state index < -0.39 is 0 Å². The molecule has 1 N–H and O–H groups in total. The van der Waals surface area contributed by atoms with Crippen molar-refractivity contribution in [3.05, 3.63) is 41.3 Å². The number of hydrogen-bond acceptors (Lipinski definition) is 2. The van der Waals surface area contributed by atoms with Gasteiger partial charge in [0.2, 0.25) is 0 Å². The van der Waals surface area contributed by atoms with Crippen molar-refractivity contribution < 1.29 is 0 Å². The van der Waals surface area contributed by atoms with Crippen LogP contribution in [0.2, 0.25) is 0 Å². The monoisotopic (exact) mass is 304 g/mol. The molecular weight excluding hydrogens is 284 g/mol. The molecule has 4 heteroatoms. The molecule has 0 saturated heterocycles. The van der Waals surface area contributed by atoms with Gasteiger partial charge >= 0.3 is 0 Å². The molecule has 106 valence electrons. The average Bonchev–Trinajstić information content (AvgIpc) is 3.09. The fraction of sp³-hybridized carbons (Fsp3) is 0.438. The van der Waals surface area contributed by atoms with Crippen molar-refractivity contribution in [3.8, 4) is 11.3 Å². The van der Waals surface area contributed by atoms with E-state index in [-0.39, 0.29) is 0 Å². The van der Waals surface area contributed by atoms with Crippen molar-refractivity contribution in [1.82, 2.24) is 9.55 Å². The van der Waals surface area contributed by atoms with Gasteiger partial charge < -0.3 is 9.55 Å². The molecule has 2 aromatic rings. The normalized spacial score (nSPS) is 17.4. The lowest BCUT2D eigenvalue weighted by molar-refractivity contribution is 0.505. The van der Waals surface area contributed by atoms with Gasteiger partial charge in [0.1, 0.15) is 0 Å². The van der Waals surface area contributed by atoms with E-state index in [1.807, 2.05) is 18.0 Å². The third-order valence-electron chi connectivity index (χ3n) is 4.33. The number of aromatic nitrogens is 2. The molecule has 2 nitrogen and oxygen atoms in total. The van der Waals surface area contributed by atoms with Gasteiger partial charge in [0.25, 0.3) is 0 Å².